The molecule has 1 unspecified atom stereocenters. The summed E-state index contributed by atoms with van der Waals surface area (Å²) in [5, 5.41) is 7.08. The molecule has 7 heteroatoms. The third kappa shape index (κ3) is 4.21. The second-order valence-corrected chi connectivity index (χ2v) is 4.93. The molecule has 1 fully saturated rings. The van der Waals surface area contributed by atoms with E-state index in [9.17, 15) is 4.79 Å². The quantitative estimate of drug-likeness (QED) is 0.507. The minimum absolute atomic E-state index is 0.0794. The Morgan fingerprint density at radius 2 is 2.52 bits per heavy atom. The summed E-state index contributed by atoms with van der Waals surface area (Å²) in [5.74, 6) is 0.574. The minimum atomic E-state index is -0.117. The first-order chi connectivity index (χ1) is 10.2. The van der Waals surface area contributed by atoms with Gasteiger partial charge in [0.25, 0.3) is 0 Å². The summed E-state index contributed by atoms with van der Waals surface area (Å²) in [7, 11) is 1.74. The molecule has 1 aromatic rings. The molecule has 0 radical (unpaired) electrons. The first-order valence-corrected chi connectivity index (χ1v) is 7.26. The van der Waals surface area contributed by atoms with Crippen LogP contribution in [-0.2, 0) is 16.1 Å². The second-order valence-electron chi connectivity index (χ2n) is 4.93. The molecular weight excluding hydrogens is 272 g/mol. The monoisotopic (exact) mass is 294 g/mol. The molecule has 0 aromatic carbocycles. The van der Waals surface area contributed by atoms with Gasteiger partial charge < -0.3 is 19.5 Å². The lowest BCUT2D eigenvalue weighted by Gasteiger charge is -2.33. The van der Waals surface area contributed by atoms with Crippen LogP contribution in [0.3, 0.4) is 0 Å². The molecule has 0 saturated carbocycles. The van der Waals surface area contributed by atoms with Gasteiger partial charge in [0.2, 0.25) is 0 Å². The van der Waals surface area contributed by atoms with Crippen molar-refractivity contribution in [3.63, 3.8) is 0 Å². The maximum Gasteiger partial charge on any atom is 0.310 e. The fourth-order valence-electron chi connectivity index (χ4n) is 2.45. The van der Waals surface area contributed by atoms with E-state index in [1.807, 2.05) is 6.92 Å². The molecule has 1 aliphatic heterocycles. The van der Waals surface area contributed by atoms with Crippen molar-refractivity contribution >= 4 is 11.9 Å². The second kappa shape index (κ2) is 7.66. The molecular formula is C14H22N4O3. The molecule has 0 aliphatic carbocycles. The number of piperidine rings is 1. The summed E-state index contributed by atoms with van der Waals surface area (Å²) < 4.78 is 9.91. The SMILES string of the molecule is CCOC(=O)C1CCCN(C(=NC)NCc2ccon2)C1. The van der Waals surface area contributed by atoms with E-state index < -0.39 is 0 Å². The highest BCUT2D eigenvalue weighted by Crippen LogP contribution is 2.18. The predicted octanol–water partition coefficient (Wildman–Crippen LogP) is 1.03. The molecule has 7 nitrogen and oxygen atoms in total. The summed E-state index contributed by atoms with van der Waals surface area (Å²) in [6, 6.07) is 1.80. The lowest BCUT2D eigenvalue weighted by atomic mass is 9.98. The largest absolute Gasteiger partial charge is 0.466 e. The topological polar surface area (TPSA) is 80.0 Å². The fourth-order valence-corrected chi connectivity index (χ4v) is 2.45. The Morgan fingerprint density at radius 1 is 1.67 bits per heavy atom. The molecule has 1 atom stereocenters. The van der Waals surface area contributed by atoms with Gasteiger partial charge >= 0.3 is 5.97 Å². The van der Waals surface area contributed by atoms with Gasteiger partial charge in [-0.3, -0.25) is 9.79 Å². The zero-order chi connectivity index (χ0) is 15.1. The van der Waals surface area contributed by atoms with Gasteiger partial charge in [-0.25, -0.2) is 0 Å². The van der Waals surface area contributed by atoms with Gasteiger partial charge in [0.15, 0.2) is 5.96 Å². The van der Waals surface area contributed by atoms with Crippen LogP contribution in [0.1, 0.15) is 25.5 Å². The first kappa shape index (κ1) is 15.3. The van der Waals surface area contributed by atoms with Crippen LogP contribution in [-0.4, -0.2) is 48.7 Å². The van der Waals surface area contributed by atoms with E-state index in [2.05, 4.69) is 20.4 Å². The molecule has 21 heavy (non-hydrogen) atoms. The van der Waals surface area contributed by atoms with Gasteiger partial charge in [0, 0.05) is 26.2 Å². The smallest absolute Gasteiger partial charge is 0.310 e. The standard InChI is InChI=1S/C14H22N4O3/c1-3-20-13(19)11-5-4-7-18(10-11)14(15-2)16-9-12-6-8-21-17-12/h6,8,11H,3-5,7,9-10H2,1-2H3,(H,15,16). The number of aliphatic imine (C=N–C) groups is 1. The van der Waals surface area contributed by atoms with Gasteiger partial charge in [-0.05, 0) is 19.8 Å². The highest BCUT2D eigenvalue weighted by Gasteiger charge is 2.28. The number of esters is 1. The third-order valence-corrected chi connectivity index (χ3v) is 3.47. The van der Waals surface area contributed by atoms with Gasteiger partial charge in [0.1, 0.15) is 12.0 Å². The number of guanidine groups is 1. The van der Waals surface area contributed by atoms with Crippen molar-refractivity contribution in [1.82, 2.24) is 15.4 Å². The molecule has 2 heterocycles. The van der Waals surface area contributed by atoms with E-state index in [-0.39, 0.29) is 11.9 Å². The number of aromatic nitrogens is 1. The summed E-state index contributed by atoms with van der Waals surface area (Å²) in [4.78, 5) is 18.2. The van der Waals surface area contributed by atoms with Crippen molar-refractivity contribution in [3.05, 3.63) is 18.0 Å². The maximum absolute atomic E-state index is 11.9. The molecule has 1 aliphatic rings. The van der Waals surface area contributed by atoms with E-state index in [0.717, 1.165) is 31.0 Å². The van der Waals surface area contributed by atoms with Crippen molar-refractivity contribution < 1.29 is 14.1 Å². The molecule has 1 aromatic heterocycles. The Labute approximate surface area is 124 Å². The Hall–Kier alpha value is -2.05. The number of hydrogen-bond donors (Lipinski definition) is 1. The molecule has 0 bridgehead atoms. The number of likely N-dealkylation sites (tertiary alicyclic amines) is 1. The molecule has 0 amide bonds. The van der Waals surface area contributed by atoms with Crippen molar-refractivity contribution in [3.8, 4) is 0 Å². The van der Waals surface area contributed by atoms with Crippen LogP contribution >= 0.6 is 0 Å². The van der Waals surface area contributed by atoms with E-state index in [1.165, 1.54) is 6.26 Å². The Kier molecular flexibility index (Phi) is 5.59. The highest BCUT2D eigenvalue weighted by atomic mass is 16.5. The van der Waals surface area contributed by atoms with E-state index >= 15 is 0 Å². The number of nitrogens with one attached hydrogen (secondary N) is 1. The van der Waals surface area contributed by atoms with Crippen LogP contribution in [0.2, 0.25) is 0 Å². The molecule has 116 valence electrons. The molecule has 1 N–H and O–H groups in total. The zero-order valence-corrected chi connectivity index (χ0v) is 12.5. The van der Waals surface area contributed by atoms with Gasteiger partial charge in [-0.15, -0.1) is 0 Å². The predicted molar refractivity (Wildman–Crippen MR) is 77.6 cm³/mol. The normalized spacial score (nSPS) is 19.4. The molecule has 0 spiro atoms. The summed E-state index contributed by atoms with van der Waals surface area (Å²) in [5.41, 5.74) is 0.815. The Bertz CT molecular complexity index is 473. The zero-order valence-electron chi connectivity index (χ0n) is 12.5. The van der Waals surface area contributed by atoms with Crippen molar-refractivity contribution in [2.45, 2.75) is 26.3 Å². The van der Waals surface area contributed by atoms with Crippen LogP contribution in [0.25, 0.3) is 0 Å². The average Bonchev–Trinajstić information content (AvgIpc) is 3.02. The van der Waals surface area contributed by atoms with Crippen LogP contribution in [0.5, 0.6) is 0 Å². The van der Waals surface area contributed by atoms with Crippen molar-refractivity contribution in [1.29, 1.82) is 0 Å². The molecule has 2 rings (SSSR count). The summed E-state index contributed by atoms with van der Waals surface area (Å²) in [6.07, 6.45) is 3.36. The van der Waals surface area contributed by atoms with Gasteiger partial charge in [0.05, 0.1) is 19.1 Å². The van der Waals surface area contributed by atoms with E-state index in [0.29, 0.717) is 19.7 Å². The Balaban J connectivity index is 1.90. The van der Waals surface area contributed by atoms with Crippen LogP contribution < -0.4 is 5.32 Å². The fraction of sp³-hybridized carbons (Fsp3) is 0.643. The number of carbonyl (C=O) groups is 1. The lowest BCUT2D eigenvalue weighted by molar-refractivity contribution is -0.149. The van der Waals surface area contributed by atoms with Crippen LogP contribution in [0.4, 0.5) is 0 Å². The number of rotatable bonds is 4. The highest BCUT2D eigenvalue weighted by molar-refractivity contribution is 5.81. The maximum atomic E-state index is 11.9. The summed E-state index contributed by atoms with van der Waals surface area (Å²) in [6.45, 7) is 4.32. The number of carbonyl (C=O) groups excluding carboxylic acids is 1. The number of hydrogen-bond acceptors (Lipinski definition) is 5. The lowest BCUT2D eigenvalue weighted by Crippen LogP contribution is -2.48. The first-order valence-electron chi connectivity index (χ1n) is 7.26. The van der Waals surface area contributed by atoms with Crippen molar-refractivity contribution in [2.24, 2.45) is 10.9 Å². The van der Waals surface area contributed by atoms with Gasteiger partial charge in [-0.1, -0.05) is 5.16 Å². The van der Waals surface area contributed by atoms with E-state index in [4.69, 9.17) is 9.26 Å². The summed E-state index contributed by atoms with van der Waals surface area (Å²) >= 11 is 0. The van der Waals surface area contributed by atoms with Crippen LogP contribution in [0, 0.1) is 5.92 Å². The average molecular weight is 294 g/mol. The van der Waals surface area contributed by atoms with E-state index in [1.54, 1.807) is 13.1 Å². The van der Waals surface area contributed by atoms with Crippen molar-refractivity contribution in [2.75, 3.05) is 26.7 Å². The minimum Gasteiger partial charge on any atom is -0.466 e. The Morgan fingerprint density at radius 3 is 3.19 bits per heavy atom. The molecule has 1 saturated heterocycles. The van der Waals surface area contributed by atoms with Crippen LogP contribution in [0.15, 0.2) is 21.8 Å². The van der Waals surface area contributed by atoms with Gasteiger partial charge in [-0.2, -0.15) is 0 Å². The third-order valence-electron chi connectivity index (χ3n) is 3.47. The number of nitrogens with zero attached hydrogens (tertiary/aromatic N) is 3. The number of ether oxygens (including phenoxy) is 1.